The Morgan fingerprint density at radius 3 is 2.26 bits per heavy atom. The van der Waals surface area contributed by atoms with Gasteiger partial charge in [-0.2, -0.15) is 4.31 Å². The monoisotopic (exact) mass is 388 g/mol. The highest BCUT2D eigenvalue weighted by molar-refractivity contribution is 7.89. The Kier molecular flexibility index (Phi) is 6.51. The fourth-order valence-corrected chi connectivity index (χ4v) is 3.63. The number of Topliss-reactive ketones (excluding diaryl/α,β-unsaturated/α-hetero) is 1. The second-order valence-electron chi connectivity index (χ2n) is 6.67. The molecule has 0 aromatic heterocycles. The van der Waals surface area contributed by atoms with Gasteiger partial charge in [0.2, 0.25) is 15.9 Å². The van der Waals surface area contributed by atoms with Crippen molar-refractivity contribution in [3.8, 4) is 0 Å². The van der Waals surface area contributed by atoms with E-state index in [0.29, 0.717) is 17.2 Å². The first-order valence-electron chi connectivity index (χ1n) is 8.58. The standard InChI is InChI=1S/C20H24N2O4S/c1-14(2)17-6-5-7-18(12-17)21-20(24)13-22(4)27(25,26)19-10-8-16(9-11-19)15(3)23/h5-12,14H,13H2,1-4H3,(H,21,24). The van der Waals surface area contributed by atoms with Crippen LogP contribution in [0.5, 0.6) is 0 Å². The summed E-state index contributed by atoms with van der Waals surface area (Å²) in [6.07, 6.45) is 0. The van der Waals surface area contributed by atoms with Crippen molar-refractivity contribution in [2.24, 2.45) is 0 Å². The van der Waals surface area contributed by atoms with Crippen molar-refractivity contribution in [1.29, 1.82) is 0 Å². The first-order valence-corrected chi connectivity index (χ1v) is 10.0. The molecule has 0 saturated carbocycles. The normalized spacial score (nSPS) is 11.6. The van der Waals surface area contributed by atoms with Crippen LogP contribution in [0.15, 0.2) is 53.4 Å². The van der Waals surface area contributed by atoms with Gasteiger partial charge in [0, 0.05) is 18.3 Å². The number of sulfonamides is 1. The van der Waals surface area contributed by atoms with Crippen LogP contribution in [0.1, 0.15) is 42.6 Å². The van der Waals surface area contributed by atoms with Gasteiger partial charge in [0.05, 0.1) is 11.4 Å². The largest absolute Gasteiger partial charge is 0.325 e. The quantitative estimate of drug-likeness (QED) is 0.738. The van der Waals surface area contributed by atoms with Gasteiger partial charge < -0.3 is 5.32 Å². The molecule has 7 heteroatoms. The molecule has 0 aliphatic carbocycles. The van der Waals surface area contributed by atoms with Gasteiger partial charge in [-0.05, 0) is 42.7 Å². The number of likely N-dealkylation sites (N-methyl/N-ethyl adjacent to an activating group) is 1. The second-order valence-corrected chi connectivity index (χ2v) is 8.71. The summed E-state index contributed by atoms with van der Waals surface area (Å²) in [5.41, 5.74) is 2.14. The van der Waals surface area contributed by atoms with Crippen molar-refractivity contribution in [3.63, 3.8) is 0 Å². The van der Waals surface area contributed by atoms with E-state index in [9.17, 15) is 18.0 Å². The van der Waals surface area contributed by atoms with Crippen molar-refractivity contribution >= 4 is 27.4 Å². The highest BCUT2D eigenvalue weighted by Crippen LogP contribution is 2.19. The van der Waals surface area contributed by atoms with E-state index in [1.807, 2.05) is 18.2 Å². The molecule has 0 unspecified atom stereocenters. The van der Waals surface area contributed by atoms with Crippen molar-refractivity contribution in [2.45, 2.75) is 31.6 Å². The molecule has 2 aromatic rings. The predicted octanol–water partition coefficient (Wildman–Crippen LogP) is 3.27. The van der Waals surface area contributed by atoms with Crippen LogP contribution in [0, 0.1) is 0 Å². The van der Waals surface area contributed by atoms with Crippen LogP contribution in [0.2, 0.25) is 0 Å². The van der Waals surface area contributed by atoms with Crippen LogP contribution in [0.4, 0.5) is 5.69 Å². The van der Waals surface area contributed by atoms with Crippen LogP contribution in [-0.4, -0.2) is 38.0 Å². The van der Waals surface area contributed by atoms with Crippen LogP contribution in [0.3, 0.4) is 0 Å². The van der Waals surface area contributed by atoms with E-state index in [0.717, 1.165) is 9.87 Å². The van der Waals surface area contributed by atoms with Gasteiger partial charge in [-0.1, -0.05) is 38.1 Å². The Labute approximate surface area is 160 Å². The third-order valence-electron chi connectivity index (χ3n) is 4.17. The minimum atomic E-state index is -3.83. The molecule has 0 saturated heterocycles. The fourth-order valence-electron chi connectivity index (χ4n) is 2.50. The van der Waals surface area contributed by atoms with Gasteiger partial charge >= 0.3 is 0 Å². The fraction of sp³-hybridized carbons (Fsp3) is 0.300. The topological polar surface area (TPSA) is 83.6 Å². The number of hydrogen-bond donors (Lipinski definition) is 1. The van der Waals surface area contributed by atoms with Crippen molar-refractivity contribution in [3.05, 3.63) is 59.7 Å². The molecule has 0 bridgehead atoms. The van der Waals surface area contributed by atoms with E-state index >= 15 is 0 Å². The lowest BCUT2D eigenvalue weighted by molar-refractivity contribution is -0.116. The number of benzene rings is 2. The molecule has 144 valence electrons. The number of carbonyl (C=O) groups is 2. The van der Waals surface area contributed by atoms with Gasteiger partial charge in [-0.25, -0.2) is 8.42 Å². The van der Waals surface area contributed by atoms with Gasteiger partial charge in [0.1, 0.15) is 0 Å². The molecule has 27 heavy (non-hydrogen) atoms. The number of nitrogens with zero attached hydrogens (tertiary/aromatic N) is 1. The Morgan fingerprint density at radius 1 is 1.07 bits per heavy atom. The number of ketones is 1. The lowest BCUT2D eigenvalue weighted by Gasteiger charge is -2.17. The SMILES string of the molecule is CC(=O)c1ccc(S(=O)(=O)N(C)CC(=O)Nc2cccc(C(C)C)c2)cc1. The zero-order valence-corrected chi connectivity index (χ0v) is 16.7. The van der Waals surface area contributed by atoms with E-state index in [4.69, 9.17) is 0 Å². The maximum atomic E-state index is 12.6. The van der Waals surface area contributed by atoms with Crippen LogP contribution >= 0.6 is 0 Å². The number of rotatable bonds is 7. The third-order valence-corrected chi connectivity index (χ3v) is 5.99. The first kappa shape index (κ1) is 20.8. The van der Waals surface area contributed by atoms with Crippen molar-refractivity contribution in [1.82, 2.24) is 4.31 Å². The summed E-state index contributed by atoms with van der Waals surface area (Å²) in [6, 6.07) is 13.1. The Bertz CT molecular complexity index is 935. The smallest absolute Gasteiger partial charge is 0.243 e. The molecule has 0 fully saturated rings. The van der Waals surface area contributed by atoms with Crippen LogP contribution < -0.4 is 5.32 Å². The molecule has 0 radical (unpaired) electrons. The van der Waals surface area contributed by atoms with E-state index in [-0.39, 0.29) is 17.2 Å². The maximum Gasteiger partial charge on any atom is 0.243 e. The molecular weight excluding hydrogens is 364 g/mol. The molecule has 0 atom stereocenters. The zero-order valence-electron chi connectivity index (χ0n) is 15.9. The zero-order chi connectivity index (χ0) is 20.2. The number of carbonyl (C=O) groups excluding carboxylic acids is 2. The Hall–Kier alpha value is -2.51. The summed E-state index contributed by atoms with van der Waals surface area (Å²) in [5.74, 6) is -0.250. The minimum Gasteiger partial charge on any atom is -0.325 e. The molecule has 1 N–H and O–H groups in total. The van der Waals surface area contributed by atoms with Crippen molar-refractivity contribution in [2.75, 3.05) is 18.9 Å². The van der Waals surface area contributed by atoms with Gasteiger partial charge in [-0.15, -0.1) is 0 Å². The molecular formula is C20H24N2O4S. The Balaban J connectivity index is 2.08. The minimum absolute atomic E-state index is 0.0320. The molecule has 0 aliphatic heterocycles. The van der Waals surface area contributed by atoms with Gasteiger partial charge in [-0.3, -0.25) is 9.59 Å². The number of anilines is 1. The molecule has 0 spiro atoms. The van der Waals surface area contributed by atoms with Crippen molar-refractivity contribution < 1.29 is 18.0 Å². The second kappa shape index (κ2) is 8.45. The van der Waals surface area contributed by atoms with Crippen LogP contribution in [0.25, 0.3) is 0 Å². The number of amides is 1. The van der Waals surface area contributed by atoms with E-state index in [2.05, 4.69) is 19.2 Å². The summed E-state index contributed by atoms with van der Waals surface area (Å²) < 4.78 is 26.2. The molecule has 1 amide bonds. The molecule has 6 nitrogen and oxygen atoms in total. The van der Waals surface area contributed by atoms with E-state index in [1.54, 1.807) is 6.07 Å². The average Bonchev–Trinajstić information content (AvgIpc) is 2.61. The summed E-state index contributed by atoms with van der Waals surface area (Å²) in [6.45, 7) is 5.20. The molecule has 2 rings (SSSR count). The van der Waals surface area contributed by atoms with E-state index in [1.165, 1.54) is 38.2 Å². The molecule has 2 aromatic carbocycles. The predicted molar refractivity (Wildman–Crippen MR) is 105 cm³/mol. The average molecular weight is 388 g/mol. The summed E-state index contributed by atoms with van der Waals surface area (Å²) in [7, 11) is -2.48. The lowest BCUT2D eigenvalue weighted by atomic mass is 10.0. The first-order chi connectivity index (χ1) is 12.6. The van der Waals surface area contributed by atoms with E-state index < -0.39 is 15.9 Å². The summed E-state index contributed by atoms with van der Waals surface area (Å²) in [5, 5.41) is 2.73. The molecule has 0 heterocycles. The summed E-state index contributed by atoms with van der Waals surface area (Å²) >= 11 is 0. The number of hydrogen-bond acceptors (Lipinski definition) is 4. The molecule has 0 aliphatic rings. The highest BCUT2D eigenvalue weighted by Gasteiger charge is 2.23. The maximum absolute atomic E-state index is 12.6. The third kappa shape index (κ3) is 5.24. The number of nitrogens with one attached hydrogen (secondary N) is 1. The highest BCUT2D eigenvalue weighted by atomic mass is 32.2. The summed E-state index contributed by atoms with van der Waals surface area (Å²) in [4.78, 5) is 23.6. The van der Waals surface area contributed by atoms with Gasteiger partial charge in [0.15, 0.2) is 5.78 Å². The lowest BCUT2D eigenvalue weighted by Crippen LogP contribution is -2.35. The van der Waals surface area contributed by atoms with Crippen LogP contribution in [-0.2, 0) is 14.8 Å². The van der Waals surface area contributed by atoms with Gasteiger partial charge in [0.25, 0.3) is 0 Å². The Morgan fingerprint density at radius 2 is 1.70 bits per heavy atom.